The largest absolute Gasteiger partial charge is 0.480 e. The highest BCUT2D eigenvalue weighted by molar-refractivity contribution is 7.89. The second-order valence-corrected chi connectivity index (χ2v) is 6.32. The van der Waals surface area contributed by atoms with Crippen LogP contribution in [0.5, 0.6) is 0 Å². The standard InChI is InChI=1S/C11H11F3N2O4S/c12-11(13,14)9-8(4-1-5-15-9)21(19,20)16-6-2-3-7(16)10(17)18/h1,4-5,7H,2-3,6H2,(H,17,18)/t7-/m1/s1. The van der Waals surface area contributed by atoms with Crippen molar-refractivity contribution in [2.45, 2.75) is 30.0 Å². The summed E-state index contributed by atoms with van der Waals surface area (Å²) in [5, 5.41) is 8.98. The van der Waals surface area contributed by atoms with Gasteiger partial charge in [0.05, 0.1) is 0 Å². The molecule has 1 aliphatic heterocycles. The van der Waals surface area contributed by atoms with E-state index in [0.29, 0.717) is 4.31 Å². The number of sulfonamides is 1. The first-order valence-electron chi connectivity index (χ1n) is 5.92. The fraction of sp³-hybridized carbons (Fsp3) is 0.455. The Bertz CT molecular complexity index is 660. The van der Waals surface area contributed by atoms with E-state index < -0.39 is 38.8 Å². The number of aliphatic carboxylic acids is 1. The summed E-state index contributed by atoms with van der Waals surface area (Å²) >= 11 is 0. The van der Waals surface area contributed by atoms with Crippen LogP contribution in [0.25, 0.3) is 0 Å². The Morgan fingerprint density at radius 1 is 1.43 bits per heavy atom. The van der Waals surface area contributed by atoms with Crippen LogP contribution >= 0.6 is 0 Å². The average molecular weight is 324 g/mol. The number of carboxylic acids is 1. The van der Waals surface area contributed by atoms with Crippen LogP contribution in [0.15, 0.2) is 23.2 Å². The molecule has 0 spiro atoms. The van der Waals surface area contributed by atoms with E-state index in [2.05, 4.69) is 4.98 Å². The number of hydrogen-bond acceptors (Lipinski definition) is 4. The van der Waals surface area contributed by atoms with Gasteiger partial charge in [0.2, 0.25) is 10.0 Å². The van der Waals surface area contributed by atoms with Crippen LogP contribution in [-0.2, 0) is 21.0 Å². The molecule has 0 saturated carbocycles. The molecule has 10 heteroatoms. The van der Waals surface area contributed by atoms with Crippen LogP contribution in [0.3, 0.4) is 0 Å². The Morgan fingerprint density at radius 2 is 2.10 bits per heavy atom. The third-order valence-electron chi connectivity index (χ3n) is 3.11. The molecule has 0 radical (unpaired) electrons. The molecule has 1 atom stereocenters. The second kappa shape index (κ2) is 5.26. The van der Waals surface area contributed by atoms with Gasteiger partial charge in [-0.1, -0.05) is 0 Å². The molecule has 1 saturated heterocycles. The maximum atomic E-state index is 12.9. The number of aromatic nitrogens is 1. The predicted molar refractivity (Wildman–Crippen MR) is 63.8 cm³/mol. The molecular weight excluding hydrogens is 313 g/mol. The molecular formula is C11H11F3N2O4S. The topological polar surface area (TPSA) is 87.6 Å². The van der Waals surface area contributed by atoms with Gasteiger partial charge in [-0.25, -0.2) is 8.42 Å². The van der Waals surface area contributed by atoms with Gasteiger partial charge in [-0.2, -0.15) is 17.5 Å². The number of hydrogen-bond donors (Lipinski definition) is 1. The fourth-order valence-electron chi connectivity index (χ4n) is 2.21. The predicted octanol–water partition coefficient (Wildman–Crippen LogP) is 1.34. The van der Waals surface area contributed by atoms with Crippen LogP contribution < -0.4 is 0 Å². The highest BCUT2D eigenvalue weighted by atomic mass is 32.2. The first-order valence-corrected chi connectivity index (χ1v) is 7.36. The van der Waals surface area contributed by atoms with Crippen LogP contribution in [0.2, 0.25) is 0 Å². The molecule has 1 aliphatic rings. The van der Waals surface area contributed by atoms with Crippen molar-refractivity contribution in [2.75, 3.05) is 6.54 Å². The zero-order valence-corrected chi connectivity index (χ0v) is 11.4. The third kappa shape index (κ3) is 2.86. The Balaban J connectivity index is 2.53. The lowest BCUT2D eigenvalue weighted by Crippen LogP contribution is -2.41. The first-order chi connectivity index (χ1) is 9.65. The number of nitrogens with zero attached hydrogens (tertiary/aromatic N) is 2. The summed E-state index contributed by atoms with van der Waals surface area (Å²) in [4.78, 5) is 13.1. The summed E-state index contributed by atoms with van der Waals surface area (Å²) in [6.45, 7) is -0.133. The van der Waals surface area contributed by atoms with Gasteiger partial charge in [-0.05, 0) is 25.0 Å². The van der Waals surface area contributed by atoms with E-state index in [9.17, 15) is 26.4 Å². The van der Waals surface area contributed by atoms with Crippen LogP contribution in [-0.4, -0.2) is 41.4 Å². The Hall–Kier alpha value is -1.68. The Morgan fingerprint density at radius 3 is 2.67 bits per heavy atom. The smallest absolute Gasteiger partial charge is 0.434 e. The summed E-state index contributed by atoms with van der Waals surface area (Å²) in [7, 11) is -4.58. The van der Waals surface area contributed by atoms with Gasteiger partial charge >= 0.3 is 12.1 Å². The monoisotopic (exact) mass is 324 g/mol. The van der Waals surface area contributed by atoms with Crippen LogP contribution in [0, 0.1) is 0 Å². The molecule has 1 N–H and O–H groups in total. The van der Waals surface area contributed by atoms with Crippen molar-refractivity contribution in [3.8, 4) is 0 Å². The normalized spacial score (nSPS) is 20.6. The number of halogens is 3. The second-order valence-electron chi connectivity index (χ2n) is 4.46. The van der Waals surface area contributed by atoms with Gasteiger partial charge in [0.25, 0.3) is 0 Å². The number of carboxylic acid groups (broad SMARTS) is 1. The first kappa shape index (κ1) is 15.7. The minimum absolute atomic E-state index is 0.0657. The number of carbonyl (C=O) groups is 1. The maximum Gasteiger partial charge on any atom is 0.434 e. The lowest BCUT2D eigenvalue weighted by atomic mass is 10.2. The van der Waals surface area contributed by atoms with E-state index in [-0.39, 0.29) is 19.4 Å². The summed E-state index contributed by atoms with van der Waals surface area (Å²) in [5.74, 6) is -1.38. The maximum absolute atomic E-state index is 12.9. The van der Waals surface area contributed by atoms with Gasteiger partial charge in [0, 0.05) is 12.7 Å². The number of pyridine rings is 1. The van der Waals surface area contributed by atoms with E-state index in [1.807, 2.05) is 0 Å². The van der Waals surface area contributed by atoms with Gasteiger partial charge in [-0.15, -0.1) is 0 Å². The van der Waals surface area contributed by atoms with Crippen molar-refractivity contribution in [3.63, 3.8) is 0 Å². The Labute approximate surface area is 118 Å². The average Bonchev–Trinajstić information content (AvgIpc) is 2.88. The quantitative estimate of drug-likeness (QED) is 0.906. The molecule has 2 rings (SSSR count). The zero-order valence-electron chi connectivity index (χ0n) is 10.5. The van der Waals surface area contributed by atoms with Gasteiger partial charge in [0.15, 0.2) is 5.69 Å². The Kier molecular flexibility index (Phi) is 3.93. The fourth-order valence-corrected chi connectivity index (χ4v) is 4.03. The summed E-state index contributed by atoms with van der Waals surface area (Å²) in [5.41, 5.74) is -1.54. The highest BCUT2D eigenvalue weighted by Crippen LogP contribution is 2.35. The van der Waals surface area contributed by atoms with Crippen molar-refractivity contribution < 1.29 is 31.5 Å². The van der Waals surface area contributed by atoms with Crippen LogP contribution in [0.1, 0.15) is 18.5 Å². The molecule has 116 valence electrons. The third-order valence-corrected chi connectivity index (χ3v) is 5.05. The molecule has 1 aromatic rings. The lowest BCUT2D eigenvalue weighted by Gasteiger charge is -2.22. The molecule has 0 unspecified atom stereocenters. The lowest BCUT2D eigenvalue weighted by molar-refractivity contribution is -0.143. The summed E-state index contributed by atoms with van der Waals surface area (Å²) in [6.07, 6.45) is -3.77. The summed E-state index contributed by atoms with van der Waals surface area (Å²) in [6, 6.07) is 0.493. The minimum Gasteiger partial charge on any atom is -0.480 e. The number of alkyl halides is 3. The van der Waals surface area contributed by atoms with Crippen molar-refractivity contribution in [3.05, 3.63) is 24.0 Å². The molecule has 0 bridgehead atoms. The zero-order chi connectivity index (χ0) is 15.8. The van der Waals surface area contributed by atoms with Gasteiger partial charge in [-0.3, -0.25) is 9.78 Å². The molecule has 0 aromatic carbocycles. The van der Waals surface area contributed by atoms with Crippen LogP contribution in [0.4, 0.5) is 13.2 Å². The van der Waals surface area contributed by atoms with E-state index in [4.69, 9.17) is 5.11 Å². The minimum atomic E-state index is -4.94. The molecule has 6 nitrogen and oxygen atoms in total. The summed E-state index contributed by atoms with van der Waals surface area (Å²) < 4.78 is 63.8. The van der Waals surface area contributed by atoms with E-state index >= 15 is 0 Å². The van der Waals surface area contributed by atoms with E-state index in [1.165, 1.54) is 0 Å². The highest BCUT2D eigenvalue weighted by Gasteiger charge is 2.45. The molecule has 2 heterocycles. The molecule has 1 fully saturated rings. The molecule has 0 aliphatic carbocycles. The van der Waals surface area contributed by atoms with Crippen molar-refractivity contribution in [1.82, 2.24) is 9.29 Å². The molecule has 1 aromatic heterocycles. The number of rotatable bonds is 3. The van der Waals surface area contributed by atoms with Crippen molar-refractivity contribution in [1.29, 1.82) is 0 Å². The van der Waals surface area contributed by atoms with Gasteiger partial charge < -0.3 is 5.11 Å². The van der Waals surface area contributed by atoms with E-state index in [0.717, 1.165) is 18.3 Å². The van der Waals surface area contributed by atoms with Crippen molar-refractivity contribution in [2.24, 2.45) is 0 Å². The SMILES string of the molecule is O=C(O)[C@H]1CCCN1S(=O)(=O)c1cccnc1C(F)(F)F. The van der Waals surface area contributed by atoms with E-state index in [1.54, 1.807) is 0 Å². The van der Waals surface area contributed by atoms with Gasteiger partial charge in [0.1, 0.15) is 10.9 Å². The molecule has 0 amide bonds. The van der Waals surface area contributed by atoms with Crippen molar-refractivity contribution >= 4 is 16.0 Å². The molecule has 21 heavy (non-hydrogen) atoms.